The fourth-order valence-electron chi connectivity index (χ4n) is 1.33. The minimum absolute atomic E-state index is 0.444. The monoisotopic (exact) mass is 192 g/mol. The highest BCUT2D eigenvalue weighted by molar-refractivity contribution is 5.66. The molecule has 0 aliphatic carbocycles. The summed E-state index contributed by atoms with van der Waals surface area (Å²) in [7, 11) is 1.65. The van der Waals surface area contributed by atoms with Gasteiger partial charge in [0.05, 0.1) is 12.7 Å². The van der Waals surface area contributed by atoms with Crippen molar-refractivity contribution in [3.63, 3.8) is 0 Å². The molecule has 1 aromatic rings. The van der Waals surface area contributed by atoms with Crippen LogP contribution in [0.5, 0.6) is 0 Å². The number of hydrogen-bond acceptors (Lipinski definition) is 2. The van der Waals surface area contributed by atoms with Crippen molar-refractivity contribution in [2.45, 2.75) is 13.0 Å². The summed E-state index contributed by atoms with van der Waals surface area (Å²) in [5.74, 6) is 0. The Kier molecular flexibility index (Phi) is 4.36. The van der Waals surface area contributed by atoms with Gasteiger partial charge in [-0.05, 0) is 18.1 Å². The highest BCUT2D eigenvalue weighted by atomic mass is 16.5. The molecule has 0 aromatic heterocycles. The van der Waals surface area contributed by atoms with Gasteiger partial charge in [0.15, 0.2) is 0 Å². The third-order valence-electron chi connectivity index (χ3n) is 1.89. The predicted octanol–water partition coefficient (Wildman–Crippen LogP) is 2.10. The maximum Gasteiger partial charge on any atom is 0.0716 e. The summed E-state index contributed by atoms with van der Waals surface area (Å²) in [4.78, 5) is 0. The van der Waals surface area contributed by atoms with Gasteiger partial charge in [0, 0.05) is 7.11 Å². The molecular weight excluding hydrogens is 176 g/mol. The average molecular weight is 192 g/mol. The highest BCUT2D eigenvalue weighted by Crippen LogP contribution is 2.14. The number of benzene rings is 1. The number of rotatable bonds is 4. The van der Waals surface area contributed by atoms with Gasteiger partial charge in [0.2, 0.25) is 0 Å². The number of hydrogen-bond donors (Lipinski definition) is 1. The Labute approximate surface area is 84.8 Å². The standard InChI is InChI=1S/C12H16O2/c1-10(13)8-12(9-14-2)11-6-4-3-5-7-11/h3-8,10,13H,9H2,1-2H3/b12-8-. The molecule has 1 N–H and O–H groups in total. The topological polar surface area (TPSA) is 29.5 Å². The lowest BCUT2D eigenvalue weighted by Gasteiger charge is -2.07. The molecule has 0 aliphatic rings. The molecule has 1 unspecified atom stereocenters. The number of ether oxygens (including phenoxy) is 1. The molecule has 2 nitrogen and oxygen atoms in total. The van der Waals surface area contributed by atoms with E-state index in [2.05, 4.69) is 0 Å². The van der Waals surface area contributed by atoms with E-state index in [0.29, 0.717) is 6.61 Å². The molecule has 0 radical (unpaired) electrons. The molecule has 0 aliphatic heterocycles. The fourth-order valence-corrected chi connectivity index (χ4v) is 1.33. The van der Waals surface area contributed by atoms with E-state index in [1.54, 1.807) is 20.1 Å². The lowest BCUT2D eigenvalue weighted by Crippen LogP contribution is -2.00. The zero-order valence-electron chi connectivity index (χ0n) is 8.60. The third-order valence-corrected chi connectivity index (χ3v) is 1.89. The summed E-state index contributed by atoms with van der Waals surface area (Å²) in [6, 6.07) is 9.93. The molecule has 2 heteroatoms. The van der Waals surface area contributed by atoms with Crippen molar-refractivity contribution in [3.05, 3.63) is 42.0 Å². The van der Waals surface area contributed by atoms with E-state index in [1.165, 1.54) is 0 Å². The zero-order chi connectivity index (χ0) is 10.4. The third kappa shape index (κ3) is 3.32. The number of methoxy groups -OCH3 is 1. The SMILES string of the molecule is COC/C(=C/C(C)O)c1ccccc1. The van der Waals surface area contributed by atoms with Gasteiger partial charge in [-0.2, -0.15) is 0 Å². The van der Waals surface area contributed by atoms with Crippen molar-refractivity contribution in [3.8, 4) is 0 Å². The quantitative estimate of drug-likeness (QED) is 0.791. The fraction of sp³-hybridized carbons (Fsp3) is 0.333. The van der Waals surface area contributed by atoms with Crippen molar-refractivity contribution < 1.29 is 9.84 Å². The molecular formula is C12H16O2. The summed E-state index contributed by atoms with van der Waals surface area (Å²) in [5, 5.41) is 9.28. The van der Waals surface area contributed by atoms with Crippen LogP contribution in [0.2, 0.25) is 0 Å². The Bertz CT molecular complexity index is 288. The molecule has 0 saturated carbocycles. The summed E-state index contributed by atoms with van der Waals surface area (Å²) < 4.78 is 5.08. The van der Waals surface area contributed by atoms with Crippen LogP contribution in [-0.2, 0) is 4.74 Å². The van der Waals surface area contributed by atoms with Gasteiger partial charge in [-0.3, -0.25) is 0 Å². The predicted molar refractivity (Wildman–Crippen MR) is 58.0 cm³/mol. The maximum absolute atomic E-state index is 9.28. The van der Waals surface area contributed by atoms with Crippen LogP contribution in [-0.4, -0.2) is 24.9 Å². The normalized spacial score (nSPS) is 14.1. The van der Waals surface area contributed by atoms with Gasteiger partial charge in [-0.1, -0.05) is 36.4 Å². The lowest BCUT2D eigenvalue weighted by atomic mass is 10.1. The van der Waals surface area contributed by atoms with Gasteiger partial charge < -0.3 is 9.84 Å². The van der Waals surface area contributed by atoms with Crippen molar-refractivity contribution in [1.29, 1.82) is 0 Å². The molecule has 0 saturated heterocycles. The van der Waals surface area contributed by atoms with Crippen LogP contribution in [0.1, 0.15) is 12.5 Å². The Morgan fingerprint density at radius 3 is 2.57 bits per heavy atom. The molecule has 14 heavy (non-hydrogen) atoms. The lowest BCUT2D eigenvalue weighted by molar-refractivity contribution is 0.230. The van der Waals surface area contributed by atoms with E-state index in [4.69, 9.17) is 4.74 Å². The van der Waals surface area contributed by atoms with Gasteiger partial charge in [0.25, 0.3) is 0 Å². The molecule has 0 spiro atoms. The number of aliphatic hydroxyl groups is 1. The van der Waals surface area contributed by atoms with Crippen LogP contribution >= 0.6 is 0 Å². The highest BCUT2D eigenvalue weighted by Gasteiger charge is 2.01. The molecule has 0 heterocycles. The van der Waals surface area contributed by atoms with E-state index >= 15 is 0 Å². The Balaban J connectivity index is 2.89. The van der Waals surface area contributed by atoms with Crippen LogP contribution in [0.3, 0.4) is 0 Å². The van der Waals surface area contributed by atoms with E-state index < -0.39 is 6.10 Å². The summed E-state index contributed by atoms with van der Waals surface area (Å²) in [6.07, 6.45) is 1.36. The Morgan fingerprint density at radius 2 is 2.07 bits per heavy atom. The smallest absolute Gasteiger partial charge is 0.0716 e. The minimum atomic E-state index is -0.444. The maximum atomic E-state index is 9.28. The first-order valence-electron chi connectivity index (χ1n) is 4.67. The van der Waals surface area contributed by atoms with E-state index in [-0.39, 0.29) is 0 Å². The van der Waals surface area contributed by atoms with E-state index in [0.717, 1.165) is 11.1 Å². The summed E-state index contributed by atoms with van der Waals surface area (Å²) in [6.45, 7) is 2.26. The number of aliphatic hydroxyl groups excluding tert-OH is 1. The second-order valence-corrected chi connectivity index (χ2v) is 3.23. The first-order valence-corrected chi connectivity index (χ1v) is 4.67. The largest absolute Gasteiger partial charge is 0.389 e. The second kappa shape index (κ2) is 5.58. The molecule has 1 aromatic carbocycles. The first kappa shape index (κ1) is 11.0. The zero-order valence-corrected chi connectivity index (χ0v) is 8.60. The molecule has 0 amide bonds. The van der Waals surface area contributed by atoms with Crippen molar-refractivity contribution >= 4 is 5.57 Å². The van der Waals surface area contributed by atoms with Crippen LogP contribution in [0.15, 0.2) is 36.4 Å². The second-order valence-electron chi connectivity index (χ2n) is 3.23. The first-order chi connectivity index (χ1) is 6.74. The molecule has 1 atom stereocenters. The van der Waals surface area contributed by atoms with Crippen LogP contribution in [0.4, 0.5) is 0 Å². The van der Waals surface area contributed by atoms with Gasteiger partial charge in [0.1, 0.15) is 0 Å². The Hall–Kier alpha value is -1.12. The van der Waals surface area contributed by atoms with Crippen LogP contribution in [0.25, 0.3) is 5.57 Å². The van der Waals surface area contributed by atoms with Gasteiger partial charge in [-0.25, -0.2) is 0 Å². The molecule has 1 rings (SSSR count). The average Bonchev–Trinajstić information content (AvgIpc) is 2.18. The van der Waals surface area contributed by atoms with Crippen molar-refractivity contribution in [2.24, 2.45) is 0 Å². The van der Waals surface area contributed by atoms with Gasteiger partial charge in [-0.15, -0.1) is 0 Å². The molecule has 76 valence electrons. The summed E-state index contributed by atoms with van der Waals surface area (Å²) >= 11 is 0. The Morgan fingerprint density at radius 1 is 1.43 bits per heavy atom. The van der Waals surface area contributed by atoms with Crippen molar-refractivity contribution in [1.82, 2.24) is 0 Å². The van der Waals surface area contributed by atoms with Crippen LogP contribution < -0.4 is 0 Å². The molecule has 0 fully saturated rings. The van der Waals surface area contributed by atoms with Crippen molar-refractivity contribution in [2.75, 3.05) is 13.7 Å². The van der Waals surface area contributed by atoms with Gasteiger partial charge >= 0.3 is 0 Å². The summed E-state index contributed by atoms with van der Waals surface area (Å²) in [5.41, 5.74) is 2.11. The van der Waals surface area contributed by atoms with Crippen LogP contribution in [0, 0.1) is 0 Å². The van der Waals surface area contributed by atoms with E-state index in [9.17, 15) is 5.11 Å². The van der Waals surface area contributed by atoms with E-state index in [1.807, 2.05) is 30.3 Å². The minimum Gasteiger partial charge on any atom is -0.389 e. The molecule has 0 bridgehead atoms.